The van der Waals surface area contributed by atoms with Gasteiger partial charge in [0.2, 0.25) is 10.4 Å². The highest BCUT2D eigenvalue weighted by Crippen LogP contribution is 2.09. The molecule has 0 radical (unpaired) electrons. The molecule has 0 unspecified atom stereocenters. The number of alkyl halides is 1. The largest absolute Gasteiger partial charge is 0.725 e. The highest BCUT2D eigenvalue weighted by Gasteiger charge is 1.94. The van der Waals surface area contributed by atoms with Crippen LogP contribution in [0.2, 0.25) is 0 Å². The molecule has 0 saturated carbocycles. The van der Waals surface area contributed by atoms with Gasteiger partial charge in [-0.1, -0.05) is 0 Å². The molecule has 0 saturated heterocycles. The summed E-state index contributed by atoms with van der Waals surface area (Å²) in [7, 11) is -4.53. The molecule has 0 atom stereocenters. The smallest absolute Gasteiger partial charge is 0.228 e. The van der Waals surface area contributed by atoms with E-state index in [2.05, 4.69) is 3.63 Å². The monoisotopic (exact) mass is 219 g/mol. The van der Waals surface area contributed by atoms with Crippen LogP contribution in [0, 0.1) is 0 Å². The van der Waals surface area contributed by atoms with E-state index in [0.29, 0.717) is 23.7 Å². The third kappa shape index (κ3) is 10.5. The summed E-state index contributed by atoms with van der Waals surface area (Å²) in [5.74, 6) is 0.999. The van der Waals surface area contributed by atoms with E-state index in [1.54, 1.807) is 0 Å². The molecule has 0 bridgehead atoms. The zero-order valence-electron chi connectivity index (χ0n) is 5.66. The predicted octanol–water partition coefficient (Wildman–Crippen LogP) is 1.13. The van der Waals surface area contributed by atoms with Crippen LogP contribution < -0.4 is 0 Å². The molecule has 4 nitrogen and oxygen atoms in total. The van der Waals surface area contributed by atoms with E-state index in [4.69, 9.17) is 11.6 Å². The van der Waals surface area contributed by atoms with E-state index in [-0.39, 0.29) is 0 Å². The number of halogens is 1. The number of rotatable bonds is 6. The first-order valence-corrected chi connectivity index (χ1v) is 5.67. The SMILES string of the molecule is O=S(=O)([O-])OSCCCCCl. The van der Waals surface area contributed by atoms with Crippen LogP contribution in [-0.4, -0.2) is 24.6 Å². The van der Waals surface area contributed by atoms with Gasteiger partial charge in [0, 0.05) is 23.7 Å². The van der Waals surface area contributed by atoms with E-state index >= 15 is 0 Å². The molecule has 11 heavy (non-hydrogen) atoms. The molecule has 68 valence electrons. The van der Waals surface area contributed by atoms with Crippen LogP contribution in [-0.2, 0) is 14.0 Å². The van der Waals surface area contributed by atoms with Crippen molar-refractivity contribution in [3.63, 3.8) is 0 Å². The van der Waals surface area contributed by atoms with Gasteiger partial charge in [-0.25, -0.2) is 12.0 Å². The molecule has 0 heterocycles. The van der Waals surface area contributed by atoms with Crippen LogP contribution in [0.1, 0.15) is 12.8 Å². The fraction of sp³-hybridized carbons (Fsp3) is 1.00. The fourth-order valence-electron chi connectivity index (χ4n) is 0.348. The topological polar surface area (TPSA) is 66.4 Å². The molecule has 0 aliphatic rings. The summed E-state index contributed by atoms with van der Waals surface area (Å²) >= 11 is 5.98. The summed E-state index contributed by atoms with van der Waals surface area (Å²) in [4.78, 5) is 0. The van der Waals surface area contributed by atoms with Crippen molar-refractivity contribution in [1.82, 2.24) is 0 Å². The average molecular weight is 220 g/mol. The van der Waals surface area contributed by atoms with Gasteiger partial charge >= 0.3 is 0 Å². The summed E-state index contributed by atoms with van der Waals surface area (Å²) in [6, 6.07) is 0. The first kappa shape index (κ1) is 11.5. The Labute approximate surface area is 75.4 Å². The molecule has 0 amide bonds. The van der Waals surface area contributed by atoms with E-state index < -0.39 is 10.4 Å². The van der Waals surface area contributed by atoms with Crippen LogP contribution in [0.25, 0.3) is 0 Å². The van der Waals surface area contributed by atoms with Gasteiger partial charge in [0.25, 0.3) is 0 Å². The van der Waals surface area contributed by atoms with Crippen molar-refractivity contribution in [1.29, 1.82) is 0 Å². The fourth-order valence-corrected chi connectivity index (χ4v) is 1.60. The first-order chi connectivity index (χ1) is 5.06. The maximum Gasteiger partial charge on any atom is 0.228 e. The van der Waals surface area contributed by atoms with Crippen molar-refractivity contribution < 1.29 is 16.6 Å². The minimum Gasteiger partial charge on any atom is -0.725 e. The Balaban J connectivity index is 3.16. The lowest BCUT2D eigenvalue weighted by Crippen LogP contribution is -1.98. The van der Waals surface area contributed by atoms with Crippen LogP contribution in [0.5, 0.6) is 0 Å². The summed E-state index contributed by atoms with van der Waals surface area (Å²) in [6.45, 7) is 0. The summed E-state index contributed by atoms with van der Waals surface area (Å²) in [5, 5.41) is 0. The lowest BCUT2D eigenvalue weighted by Gasteiger charge is -2.04. The number of hydrogen-bond donors (Lipinski definition) is 0. The highest BCUT2D eigenvalue weighted by molar-refractivity contribution is 8.02. The Morgan fingerprint density at radius 2 is 2.09 bits per heavy atom. The predicted molar refractivity (Wildman–Crippen MR) is 43.2 cm³/mol. The van der Waals surface area contributed by atoms with Crippen molar-refractivity contribution in [2.45, 2.75) is 12.8 Å². The second-order valence-corrected chi connectivity index (χ2v) is 4.08. The molecule has 0 rings (SSSR count). The van der Waals surface area contributed by atoms with Crippen LogP contribution in [0.15, 0.2) is 0 Å². The summed E-state index contributed by atoms with van der Waals surface area (Å²) in [6.07, 6.45) is 1.53. The average Bonchev–Trinajstić information content (AvgIpc) is 1.85. The molecule has 0 aromatic heterocycles. The Morgan fingerprint density at radius 1 is 1.45 bits per heavy atom. The minimum atomic E-state index is -4.53. The van der Waals surface area contributed by atoms with Crippen molar-refractivity contribution in [3.05, 3.63) is 0 Å². The lowest BCUT2D eigenvalue weighted by molar-refractivity contribution is 0.391. The maximum absolute atomic E-state index is 9.84. The zero-order valence-corrected chi connectivity index (χ0v) is 8.04. The molecule has 0 spiro atoms. The Morgan fingerprint density at radius 3 is 2.55 bits per heavy atom. The summed E-state index contributed by atoms with van der Waals surface area (Å²) < 4.78 is 33.4. The van der Waals surface area contributed by atoms with Gasteiger partial charge in [-0.2, -0.15) is 0 Å². The maximum atomic E-state index is 9.84. The lowest BCUT2D eigenvalue weighted by atomic mass is 10.4. The second kappa shape index (κ2) is 6.07. The number of unbranched alkanes of at least 4 members (excludes halogenated alkanes) is 1. The molecule has 0 aliphatic heterocycles. The molecule has 7 heteroatoms. The van der Waals surface area contributed by atoms with Gasteiger partial charge in [0.1, 0.15) is 0 Å². The molecule has 0 aromatic carbocycles. The van der Waals surface area contributed by atoms with Gasteiger partial charge in [0.05, 0.1) is 0 Å². The zero-order chi connectivity index (χ0) is 8.74. The summed E-state index contributed by atoms with van der Waals surface area (Å²) in [5.41, 5.74) is 0. The normalized spacial score (nSPS) is 11.8. The van der Waals surface area contributed by atoms with E-state index in [9.17, 15) is 13.0 Å². The van der Waals surface area contributed by atoms with Gasteiger partial charge in [-0.05, 0) is 12.8 Å². The minimum absolute atomic E-state index is 0.466. The molecule has 0 aromatic rings. The van der Waals surface area contributed by atoms with Crippen molar-refractivity contribution >= 4 is 34.0 Å². The first-order valence-electron chi connectivity index (χ1n) is 2.89. The quantitative estimate of drug-likeness (QED) is 0.220. The van der Waals surface area contributed by atoms with Crippen LogP contribution in [0.4, 0.5) is 0 Å². The van der Waals surface area contributed by atoms with Crippen LogP contribution in [0.3, 0.4) is 0 Å². The Hall–Kier alpha value is 0.510. The molecule has 0 fully saturated rings. The standard InChI is InChI=1S/C4H9ClO4S2/c5-3-1-2-4-10-9-11(6,7)8/h1-4H2,(H,6,7,8)/p-1. The van der Waals surface area contributed by atoms with E-state index in [1.165, 1.54) is 0 Å². The van der Waals surface area contributed by atoms with Gasteiger partial charge in [-0.15, -0.1) is 11.6 Å². The Kier molecular flexibility index (Phi) is 6.36. The van der Waals surface area contributed by atoms with E-state index in [1.807, 2.05) is 0 Å². The van der Waals surface area contributed by atoms with Crippen molar-refractivity contribution in [2.75, 3.05) is 11.6 Å². The molecule has 0 N–H and O–H groups in total. The van der Waals surface area contributed by atoms with Crippen molar-refractivity contribution in [2.24, 2.45) is 0 Å². The molecular weight excluding hydrogens is 212 g/mol. The third-order valence-electron chi connectivity index (χ3n) is 0.743. The van der Waals surface area contributed by atoms with Crippen LogP contribution >= 0.6 is 23.6 Å². The van der Waals surface area contributed by atoms with Crippen molar-refractivity contribution in [3.8, 4) is 0 Å². The number of hydrogen-bond acceptors (Lipinski definition) is 5. The highest BCUT2D eigenvalue weighted by atomic mass is 35.5. The second-order valence-electron chi connectivity index (χ2n) is 1.69. The van der Waals surface area contributed by atoms with E-state index in [0.717, 1.165) is 12.8 Å². The van der Waals surface area contributed by atoms with Gasteiger partial charge < -0.3 is 4.55 Å². The molecule has 0 aliphatic carbocycles. The Bertz CT molecular complexity index is 179. The van der Waals surface area contributed by atoms with Gasteiger partial charge in [0.15, 0.2) is 0 Å². The molecular formula is C4H8ClO4S2-. The van der Waals surface area contributed by atoms with Gasteiger partial charge in [-0.3, -0.25) is 0 Å². The third-order valence-corrected chi connectivity index (χ3v) is 2.52.